The van der Waals surface area contributed by atoms with Crippen LogP contribution in [0.4, 0.5) is 22.2 Å². The number of aromatic nitrogens is 8. The number of ether oxygens (including phenoxy) is 1. The van der Waals surface area contributed by atoms with Crippen molar-refractivity contribution in [2.75, 3.05) is 20.7 Å². The quantitative estimate of drug-likeness (QED) is 0.0518. The Morgan fingerprint density at radius 3 is 1.25 bits per heavy atom. The van der Waals surface area contributed by atoms with E-state index in [0.717, 1.165) is 71.7 Å². The number of thioether (sulfide) groups is 3. The van der Waals surface area contributed by atoms with Gasteiger partial charge in [0.25, 0.3) is 27.7 Å². The van der Waals surface area contributed by atoms with E-state index in [0.29, 0.717) is 33.1 Å². The Kier molecular flexibility index (Phi) is 24.1. The Morgan fingerprint density at radius 2 is 0.901 bits per heavy atom. The molecule has 3 amide bonds. The van der Waals surface area contributed by atoms with Crippen LogP contribution in [0.5, 0.6) is 5.75 Å². The Labute approximate surface area is 548 Å². The van der Waals surface area contributed by atoms with Crippen LogP contribution in [0.15, 0.2) is 215 Å². The summed E-state index contributed by atoms with van der Waals surface area (Å²) in [5, 5.41) is 19.8. The second kappa shape index (κ2) is 32.2. The fourth-order valence-electron chi connectivity index (χ4n) is 8.25. The molecule has 0 saturated carbocycles. The van der Waals surface area contributed by atoms with Gasteiger partial charge in [-0.2, -0.15) is 0 Å². The number of amides is 3. The van der Waals surface area contributed by atoms with Crippen LogP contribution in [0.2, 0.25) is 0 Å². The maximum atomic E-state index is 13.0. The van der Waals surface area contributed by atoms with Crippen LogP contribution in [0, 0.1) is 6.92 Å². The topological polar surface area (TPSA) is 246 Å². The van der Waals surface area contributed by atoms with Crippen molar-refractivity contribution in [1.82, 2.24) is 40.1 Å². The maximum absolute atomic E-state index is 13.0. The number of aryl methyl sites for hydroxylation is 1. The predicted molar refractivity (Wildman–Crippen MR) is 366 cm³/mol. The van der Waals surface area contributed by atoms with Gasteiger partial charge in [0, 0.05) is 88.2 Å². The lowest BCUT2D eigenvalue weighted by Gasteiger charge is -2.26. The lowest BCUT2D eigenvalue weighted by molar-refractivity contribution is 0.101. The highest BCUT2D eigenvalue weighted by atomic mass is 32.2. The van der Waals surface area contributed by atoms with Gasteiger partial charge in [-0.05, 0) is 156 Å². The first kappa shape index (κ1) is 68.0. The summed E-state index contributed by atoms with van der Waals surface area (Å²) >= 11 is 5.86. The van der Waals surface area contributed by atoms with Gasteiger partial charge < -0.3 is 20.7 Å². The van der Waals surface area contributed by atoms with E-state index in [1.807, 2.05) is 105 Å². The highest BCUT2D eigenvalue weighted by molar-refractivity contribution is 7.99. The predicted octanol–water partition coefficient (Wildman–Crippen LogP) is 15.4. The SMILES string of the molecule is CC(C)(C)c1cc(NC(=O)c2cccc(CSc3cnccn3)c2)cc(C(C)(C)C)c1.CC(C)Oc1ccc(NC(=O)c2cccc(CSc3cnccn3)c2)cc1.Cc1nnc(NS(=O)(=O)c2ccc(NC(=O)c3cccc(CSc4cnccn4)c3)cc2)s1. The van der Waals surface area contributed by atoms with Crippen LogP contribution in [0.25, 0.3) is 0 Å². The third-order valence-corrected chi connectivity index (χ3v) is 18.1. The van der Waals surface area contributed by atoms with Crippen molar-refractivity contribution in [3.05, 3.63) is 245 Å². The lowest BCUT2D eigenvalue weighted by Crippen LogP contribution is -2.19. The van der Waals surface area contributed by atoms with Gasteiger partial charge in [0.05, 0.1) is 29.6 Å². The standard InChI is InChI=1S/C26H31N3OS.C21H18N6O3S3.C21H21N3O2S/c1-25(2,3)20-13-21(26(4,5)6)15-22(14-20)29-24(30)19-9-7-8-18(12-19)17-31-23-16-27-10-11-28-23;1-14-25-26-21(32-14)27-33(29,30)18-7-5-17(6-8-18)24-20(28)16-4-2-3-15(11-16)13-31-19-12-22-9-10-23-19;1-15(2)26-19-8-6-18(7-9-19)24-21(25)17-5-3-4-16(12-17)14-27-20-13-22-10-11-23-20/h7-16H,17H2,1-6H3,(H,29,30);2-12H,13H2,1H3,(H,24,28)(H,26,27);3-13,15H,14H2,1-2H3,(H,24,25). The van der Waals surface area contributed by atoms with Crippen molar-refractivity contribution in [3.63, 3.8) is 0 Å². The van der Waals surface area contributed by atoms with Crippen molar-refractivity contribution in [2.45, 2.75) is 116 Å². The second-order valence-corrected chi connectivity index (χ2v) is 28.6. The van der Waals surface area contributed by atoms with Crippen molar-refractivity contribution in [3.8, 4) is 5.75 Å². The van der Waals surface area contributed by atoms with Gasteiger partial charge in [0.15, 0.2) is 0 Å². The van der Waals surface area contributed by atoms with Gasteiger partial charge in [0.2, 0.25) is 5.13 Å². The molecule has 0 fully saturated rings. The molecule has 0 spiro atoms. The van der Waals surface area contributed by atoms with Crippen LogP contribution in [-0.2, 0) is 38.1 Å². The molecule has 0 bridgehead atoms. The first-order valence-electron chi connectivity index (χ1n) is 28.7. The minimum atomic E-state index is -3.80. The molecule has 4 heterocycles. The highest BCUT2D eigenvalue weighted by Gasteiger charge is 2.22. The Balaban J connectivity index is 0.000000177. The van der Waals surface area contributed by atoms with E-state index >= 15 is 0 Å². The third kappa shape index (κ3) is 21.9. The van der Waals surface area contributed by atoms with E-state index in [-0.39, 0.29) is 44.7 Å². The molecule has 0 radical (unpaired) electrons. The summed E-state index contributed by atoms with van der Waals surface area (Å²) in [6.45, 7) is 18.8. The first-order chi connectivity index (χ1) is 43.5. The largest absolute Gasteiger partial charge is 0.491 e. The zero-order valence-electron chi connectivity index (χ0n) is 51.7. The van der Waals surface area contributed by atoms with E-state index in [1.54, 1.807) is 92.3 Å². The molecule has 4 aromatic heterocycles. The molecule has 0 atom stereocenters. The number of rotatable bonds is 20. The van der Waals surface area contributed by atoms with Crippen LogP contribution in [-0.4, -0.2) is 72.3 Å². The molecule has 0 unspecified atom stereocenters. The van der Waals surface area contributed by atoms with Gasteiger partial charge in [-0.1, -0.05) is 95.3 Å². The zero-order valence-corrected chi connectivity index (χ0v) is 55.8. The molecule has 0 aliphatic carbocycles. The summed E-state index contributed by atoms with van der Waals surface area (Å²) in [5.41, 5.74) is 9.33. The average Bonchev–Trinajstić information content (AvgIpc) is 0.997. The van der Waals surface area contributed by atoms with E-state index in [4.69, 9.17) is 4.74 Å². The number of hydrogen-bond donors (Lipinski definition) is 4. The van der Waals surface area contributed by atoms with Crippen molar-refractivity contribution >= 4 is 96.6 Å². The fraction of sp³-hybridized carbons (Fsp3) is 0.221. The molecule has 0 aliphatic rings. The number of nitrogens with one attached hydrogen (secondary N) is 4. The van der Waals surface area contributed by atoms with Gasteiger partial charge in [0.1, 0.15) is 25.8 Å². The van der Waals surface area contributed by atoms with Crippen molar-refractivity contribution < 1.29 is 27.5 Å². The summed E-state index contributed by atoms with van der Waals surface area (Å²) in [5.74, 6) is 2.35. The Morgan fingerprint density at radius 1 is 0.505 bits per heavy atom. The summed E-state index contributed by atoms with van der Waals surface area (Å²) in [6.07, 6.45) is 15.2. The number of nitrogens with zero attached hydrogens (tertiary/aromatic N) is 8. The molecular weight excluding hydrogens is 1240 g/mol. The van der Waals surface area contributed by atoms with E-state index < -0.39 is 10.0 Å². The molecule has 18 nitrogen and oxygen atoms in total. The molecule has 23 heteroatoms. The number of carbonyl (C=O) groups excluding carboxylic acids is 3. The molecule has 468 valence electrons. The van der Waals surface area contributed by atoms with E-state index in [2.05, 4.69) is 121 Å². The van der Waals surface area contributed by atoms with Crippen LogP contribution < -0.4 is 25.4 Å². The number of sulfonamides is 1. The molecule has 10 rings (SSSR count). The molecular formula is C68H70N12O6S5. The zero-order chi connectivity index (χ0) is 65.0. The van der Waals surface area contributed by atoms with E-state index in [1.165, 1.54) is 47.2 Å². The average molecular weight is 1310 g/mol. The number of carbonyl (C=O) groups is 3. The number of hydrogen-bond acceptors (Lipinski definition) is 18. The molecule has 91 heavy (non-hydrogen) atoms. The summed E-state index contributed by atoms with van der Waals surface area (Å²) in [7, 11) is -3.80. The van der Waals surface area contributed by atoms with Gasteiger partial charge in [-0.15, -0.1) is 45.5 Å². The summed E-state index contributed by atoms with van der Waals surface area (Å²) < 4.78 is 33.0. The Hall–Kier alpha value is -8.87. The highest BCUT2D eigenvalue weighted by Crippen LogP contribution is 2.33. The summed E-state index contributed by atoms with van der Waals surface area (Å²) in [6, 6.07) is 42.3. The third-order valence-electron chi connectivity index (χ3n) is 12.9. The molecule has 10 aromatic rings. The monoisotopic (exact) mass is 1310 g/mol. The minimum absolute atomic E-state index is 0.00178. The fourth-order valence-corrected chi connectivity index (χ4v) is 12.4. The molecule has 0 saturated heterocycles. The number of benzene rings is 6. The molecule has 4 N–H and O–H groups in total. The Bertz CT molecular complexity index is 4110. The lowest BCUT2D eigenvalue weighted by atomic mass is 9.80. The van der Waals surface area contributed by atoms with Gasteiger partial charge in [-0.3, -0.25) is 34.1 Å². The van der Waals surface area contributed by atoms with Gasteiger partial charge >= 0.3 is 0 Å². The van der Waals surface area contributed by atoms with Crippen LogP contribution in [0.1, 0.15) is 119 Å². The van der Waals surface area contributed by atoms with Gasteiger partial charge in [-0.25, -0.2) is 23.4 Å². The van der Waals surface area contributed by atoms with Crippen LogP contribution >= 0.6 is 46.6 Å². The van der Waals surface area contributed by atoms with E-state index in [9.17, 15) is 22.8 Å². The number of anilines is 4. The normalized spacial score (nSPS) is 11.3. The minimum Gasteiger partial charge on any atom is -0.491 e. The van der Waals surface area contributed by atoms with Crippen molar-refractivity contribution in [2.24, 2.45) is 0 Å². The van der Waals surface area contributed by atoms with Crippen LogP contribution in [0.3, 0.4) is 0 Å². The van der Waals surface area contributed by atoms with Crippen molar-refractivity contribution in [1.29, 1.82) is 0 Å². The smallest absolute Gasteiger partial charge is 0.263 e. The molecule has 6 aromatic carbocycles. The second-order valence-electron chi connectivity index (χ2n) is 22.7. The maximum Gasteiger partial charge on any atom is 0.263 e. The molecule has 0 aliphatic heterocycles. The summed E-state index contributed by atoms with van der Waals surface area (Å²) in [4.78, 5) is 63.2. The first-order valence-corrected chi connectivity index (χ1v) is 34.0.